The quantitative estimate of drug-likeness (QED) is 0.0825. The number of aliphatic hydroxyl groups is 13. The van der Waals surface area contributed by atoms with Crippen LogP contribution in [0.25, 0.3) is 0 Å². The van der Waals surface area contributed by atoms with Gasteiger partial charge in [-0.1, -0.05) is 0 Å². The van der Waals surface area contributed by atoms with Crippen LogP contribution >= 0.6 is 0 Å². The second-order valence-corrected chi connectivity index (χ2v) is 11.5. The molecule has 0 aromatic rings. The van der Waals surface area contributed by atoms with E-state index in [1.807, 2.05) is 0 Å². The molecule has 3 rings (SSSR count). The molecular formula is C26H51N3O21. The highest BCUT2D eigenvalue weighted by Gasteiger charge is 2.52. The molecule has 296 valence electrons. The Labute approximate surface area is 284 Å². The second-order valence-electron chi connectivity index (χ2n) is 11.5. The summed E-state index contributed by atoms with van der Waals surface area (Å²) in [5.41, 5.74) is 17.6. The number of carbonyl (C=O) groups is 2. The first-order chi connectivity index (χ1) is 23.3. The van der Waals surface area contributed by atoms with E-state index in [1.54, 1.807) is 0 Å². The van der Waals surface area contributed by atoms with Crippen LogP contribution in [-0.2, 0) is 33.3 Å². The van der Waals surface area contributed by atoms with Crippen molar-refractivity contribution in [3.05, 3.63) is 0 Å². The molecule has 0 bridgehead atoms. The van der Waals surface area contributed by atoms with Gasteiger partial charge in [0.2, 0.25) is 0 Å². The number of aldehydes is 1. The maximum Gasteiger partial charge on any atom is 0.300 e. The van der Waals surface area contributed by atoms with Gasteiger partial charge in [-0.15, -0.1) is 0 Å². The van der Waals surface area contributed by atoms with Gasteiger partial charge in [0.05, 0.1) is 44.6 Å². The van der Waals surface area contributed by atoms with E-state index in [1.165, 1.54) is 0 Å². The van der Waals surface area contributed by atoms with E-state index >= 15 is 0 Å². The summed E-state index contributed by atoms with van der Waals surface area (Å²) in [5, 5.41) is 131. The van der Waals surface area contributed by atoms with Gasteiger partial charge in [0, 0.05) is 6.92 Å². The van der Waals surface area contributed by atoms with Crippen LogP contribution in [0, 0.1) is 0 Å². The molecule has 50 heavy (non-hydrogen) atoms. The van der Waals surface area contributed by atoms with Gasteiger partial charge in [-0.3, -0.25) is 4.79 Å². The summed E-state index contributed by atoms with van der Waals surface area (Å²) in [6.45, 7) is -1.68. The van der Waals surface area contributed by atoms with Gasteiger partial charge in [-0.05, 0) is 0 Å². The number of carbonyl (C=O) groups excluding carboxylic acids is 1. The van der Waals surface area contributed by atoms with Gasteiger partial charge in [-0.2, -0.15) is 0 Å². The van der Waals surface area contributed by atoms with Crippen molar-refractivity contribution in [1.29, 1.82) is 0 Å². The number of ether oxygens (including phenoxy) is 5. The minimum Gasteiger partial charge on any atom is -0.481 e. The summed E-state index contributed by atoms with van der Waals surface area (Å²) >= 11 is 0. The lowest BCUT2D eigenvalue weighted by molar-refractivity contribution is -0.348. The van der Waals surface area contributed by atoms with Gasteiger partial charge < -0.3 is 117 Å². The molecule has 0 aromatic heterocycles. The molecule has 0 amide bonds. The van der Waals surface area contributed by atoms with Crippen molar-refractivity contribution in [1.82, 2.24) is 0 Å². The van der Waals surface area contributed by atoms with Gasteiger partial charge in [0.15, 0.2) is 25.2 Å². The number of aliphatic carboxylic acids is 1. The van der Waals surface area contributed by atoms with E-state index < -0.39 is 149 Å². The lowest BCUT2D eigenvalue weighted by Crippen LogP contribution is -2.69. The summed E-state index contributed by atoms with van der Waals surface area (Å²) < 4.78 is 27.4. The topological polar surface area (TPSA) is 442 Å². The molecule has 0 aromatic carbocycles. The van der Waals surface area contributed by atoms with Crippen molar-refractivity contribution in [2.45, 2.75) is 123 Å². The summed E-state index contributed by atoms with van der Waals surface area (Å²) in [6, 6.07) is -3.87. The van der Waals surface area contributed by atoms with E-state index in [2.05, 4.69) is 0 Å². The standard InChI is InChI=1S/C18H35N3O13.C6H12O6.C2H4O2/c19-7-12(27)14(5(2-23)30-16(7)29)33-18-9(21)13(28)15(6(3-24)32-18)34-17-8(20)11(26)10(25)4(1-22)31-17;7-1-3(9)5(11)6(12)4(10)2-8;1-2(3)4/h4-18,22-29H,1-3,19-21H2;1,3-6,8-12H,2H2;1H3,(H,3,4)/t4-,5-,6-,7?,8-,9?,10-,11-,12?,13-,14?,15?,16?,17+,18+;;/m1../s1. The van der Waals surface area contributed by atoms with E-state index in [0.717, 1.165) is 6.92 Å². The third kappa shape index (κ3) is 12.2. The smallest absolute Gasteiger partial charge is 0.300 e. The predicted octanol–water partition coefficient (Wildman–Crippen LogP) is -11.0. The zero-order valence-electron chi connectivity index (χ0n) is 26.7. The molecule has 19 atom stereocenters. The lowest BCUT2D eigenvalue weighted by Gasteiger charge is -2.48. The van der Waals surface area contributed by atoms with Crippen LogP contribution in [0.3, 0.4) is 0 Å². The molecule has 3 fully saturated rings. The number of carboxylic acid groups (broad SMARTS) is 1. The van der Waals surface area contributed by atoms with Crippen LogP contribution in [0.2, 0.25) is 0 Å². The van der Waals surface area contributed by atoms with Crippen molar-refractivity contribution in [2.24, 2.45) is 17.2 Å². The van der Waals surface area contributed by atoms with Crippen LogP contribution in [-0.4, -0.2) is 227 Å². The first kappa shape index (κ1) is 46.3. The minimum absolute atomic E-state index is 0.0258. The number of carboxylic acids is 1. The molecule has 10 unspecified atom stereocenters. The van der Waals surface area contributed by atoms with E-state index in [-0.39, 0.29) is 6.29 Å². The highest BCUT2D eigenvalue weighted by molar-refractivity contribution is 5.63. The fraction of sp³-hybridized carbons (Fsp3) is 0.923. The molecule has 0 radical (unpaired) electrons. The maximum absolute atomic E-state index is 10.8. The first-order valence-corrected chi connectivity index (χ1v) is 15.1. The Bertz CT molecular complexity index is 981. The molecule has 0 aliphatic carbocycles. The SMILES string of the molecule is CC(=O)O.NC1C(O)O[C@H](CO)C(O[C@@H]2O[C@H](CO)C(O[C@@H]3O[C@H](CO)[C@@H](O)[C@H](O)[C@H]3N)[C@H](O)C2N)C1O.O=CC(O)C(O)C(O)C(O)CO. The first-order valence-electron chi connectivity index (χ1n) is 15.1. The number of hydrogen-bond acceptors (Lipinski definition) is 23. The Hall–Kier alpha value is -1.70. The monoisotopic (exact) mass is 741 g/mol. The maximum atomic E-state index is 10.8. The average molecular weight is 742 g/mol. The molecule has 3 heterocycles. The molecule has 0 spiro atoms. The molecule has 3 saturated heterocycles. The molecular weight excluding hydrogens is 690 g/mol. The van der Waals surface area contributed by atoms with Crippen LogP contribution in [0.5, 0.6) is 0 Å². The third-order valence-electron chi connectivity index (χ3n) is 7.75. The number of aliphatic hydroxyl groups excluding tert-OH is 13. The summed E-state index contributed by atoms with van der Waals surface area (Å²) in [7, 11) is 0. The van der Waals surface area contributed by atoms with Gasteiger partial charge in [-0.25, -0.2) is 0 Å². The Morgan fingerprint density at radius 1 is 0.680 bits per heavy atom. The normalized spacial score (nSPS) is 41.3. The minimum atomic E-state index is -1.79. The second kappa shape index (κ2) is 21.7. The fourth-order valence-corrected chi connectivity index (χ4v) is 4.80. The molecule has 3 aliphatic heterocycles. The van der Waals surface area contributed by atoms with Crippen molar-refractivity contribution < 1.29 is 105 Å². The van der Waals surface area contributed by atoms with Crippen LogP contribution in [0.4, 0.5) is 0 Å². The van der Waals surface area contributed by atoms with E-state index in [4.69, 9.17) is 76.3 Å². The van der Waals surface area contributed by atoms with Crippen LogP contribution in [0.1, 0.15) is 6.92 Å². The van der Waals surface area contributed by atoms with Crippen molar-refractivity contribution >= 4 is 12.3 Å². The Morgan fingerprint density at radius 2 is 1.08 bits per heavy atom. The number of nitrogens with two attached hydrogens (primary N) is 3. The zero-order chi connectivity index (χ0) is 38.6. The van der Waals surface area contributed by atoms with Gasteiger partial charge in [0.25, 0.3) is 5.97 Å². The third-order valence-corrected chi connectivity index (χ3v) is 7.75. The van der Waals surface area contributed by atoms with E-state index in [9.17, 15) is 45.6 Å². The summed E-state index contributed by atoms with van der Waals surface area (Å²) in [4.78, 5) is 18.9. The molecule has 3 aliphatic rings. The van der Waals surface area contributed by atoms with E-state index in [0.29, 0.717) is 0 Å². The molecule has 24 nitrogen and oxygen atoms in total. The molecule has 20 N–H and O–H groups in total. The van der Waals surface area contributed by atoms with Gasteiger partial charge >= 0.3 is 0 Å². The Balaban J connectivity index is 0.000000651. The van der Waals surface area contributed by atoms with Crippen molar-refractivity contribution in [3.8, 4) is 0 Å². The summed E-state index contributed by atoms with van der Waals surface area (Å²) in [6.07, 6.45) is -23.6. The highest BCUT2D eigenvalue weighted by atomic mass is 16.7. The average Bonchev–Trinajstić information content (AvgIpc) is 3.09. The lowest BCUT2D eigenvalue weighted by atomic mass is 9.94. The van der Waals surface area contributed by atoms with Crippen LogP contribution in [0.15, 0.2) is 0 Å². The zero-order valence-corrected chi connectivity index (χ0v) is 26.7. The summed E-state index contributed by atoms with van der Waals surface area (Å²) in [5.74, 6) is -0.833. The van der Waals surface area contributed by atoms with Crippen molar-refractivity contribution in [2.75, 3.05) is 26.4 Å². The number of hydrogen-bond donors (Lipinski definition) is 17. The van der Waals surface area contributed by atoms with Crippen molar-refractivity contribution in [3.63, 3.8) is 0 Å². The predicted molar refractivity (Wildman–Crippen MR) is 158 cm³/mol. The largest absolute Gasteiger partial charge is 0.481 e. The fourth-order valence-electron chi connectivity index (χ4n) is 4.80. The molecule has 24 heteroatoms. The molecule has 0 saturated carbocycles. The number of rotatable bonds is 12. The van der Waals surface area contributed by atoms with Gasteiger partial charge in [0.1, 0.15) is 79.4 Å². The van der Waals surface area contributed by atoms with Crippen LogP contribution < -0.4 is 17.2 Å². The Morgan fingerprint density at radius 3 is 1.50 bits per heavy atom. The Kier molecular flexibility index (Phi) is 20.1. The highest BCUT2D eigenvalue weighted by Crippen LogP contribution is 2.31.